The summed E-state index contributed by atoms with van der Waals surface area (Å²) >= 11 is 0. The Morgan fingerprint density at radius 2 is 1.47 bits per heavy atom. The zero-order chi connectivity index (χ0) is 24.5. The zero-order valence-electron chi connectivity index (χ0n) is 19.0. The normalized spacial score (nSPS) is 11.4. The number of para-hydroxylation sites is 2. The highest BCUT2D eigenvalue weighted by molar-refractivity contribution is 6.00. The lowest BCUT2D eigenvalue weighted by Crippen LogP contribution is -2.28. The van der Waals surface area contributed by atoms with Crippen LogP contribution in [0.3, 0.4) is 0 Å². The summed E-state index contributed by atoms with van der Waals surface area (Å²) in [6.07, 6.45) is -0.730. The maximum Gasteiger partial charge on any atom is 0.412 e. The Kier molecular flexibility index (Phi) is 6.06. The second-order valence-corrected chi connectivity index (χ2v) is 8.81. The first-order valence-corrected chi connectivity index (χ1v) is 10.7. The number of nitrogens with zero attached hydrogens (tertiary/aromatic N) is 1. The Morgan fingerprint density at radius 3 is 2.06 bits per heavy atom. The fourth-order valence-electron chi connectivity index (χ4n) is 3.72. The third kappa shape index (κ3) is 4.91. The number of benzene rings is 3. The lowest BCUT2D eigenvalue weighted by molar-refractivity contribution is -0.116. The van der Waals surface area contributed by atoms with Gasteiger partial charge in [-0.1, -0.05) is 24.3 Å². The smallest absolute Gasteiger partial charge is 0.412 e. The summed E-state index contributed by atoms with van der Waals surface area (Å²) in [7, 11) is 0. The monoisotopic (exact) mass is 461 g/mol. The summed E-state index contributed by atoms with van der Waals surface area (Å²) in [5, 5.41) is 6.19. The van der Waals surface area contributed by atoms with Gasteiger partial charge in [0.1, 0.15) is 18.0 Å². The van der Waals surface area contributed by atoms with E-state index in [2.05, 4.69) is 10.6 Å². The van der Waals surface area contributed by atoms with Gasteiger partial charge in [0.25, 0.3) is 0 Å². The standard InChI is InChI=1S/C26H24FN3O4/c1-26(2,3)34-25(33)29-19-13-12-16(27)14-20(19)28-23(31)15-30-21-10-6-4-8-17(21)24(32)18-9-5-7-11-22(18)30/h4-14H,15H2,1-3H3,(H,28,31)(H,29,33). The summed E-state index contributed by atoms with van der Waals surface area (Å²) in [5.74, 6) is -1.04. The summed E-state index contributed by atoms with van der Waals surface area (Å²) < 4.78 is 20.9. The summed E-state index contributed by atoms with van der Waals surface area (Å²) in [5.41, 5.74) is 0.654. The van der Waals surface area contributed by atoms with Crippen LogP contribution in [-0.4, -0.2) is 22.2 Å². The molecule has 1 heterocycles. The number of rotatable bonds is 4. The Labute approximate surface area is 195 Å². The fourth-order valence-corrected chi connectivity index (χ4v) is 3.72. The minimum Gasteiger partial charge on any atom is -0.444 e. The van der Waals surface area contributed by atoms with Gasteiger partial charge in [-0.15, -0.1) is 0 Å². The van der Waals surface area contributed by atoms with Crippen molar-refractivity contribution in [3.63, 3.8) is 0 Å². The molecule has 34 heavy (non-hydrogen) atoms. The number of halogens is 1. The van der Waals surface area contributed by atoms with Gasteiger partial charge < -0.3 is 14.6 Å². The van der Waals surface area contributed by atoms with E-state index in [1.807, 2.05) is 0 Å². The van der Waals surface area contributed by atoms with Crippen LogP contribution in [0.4, 0.5) is 20.6 Å². The van der Waals surface area contributed by atoms with Gasteiger partial charge in [0.15, 0.2) is 5.43 Å². The van der Waals surface area contributed by atoms with E-state index in [9.17, 15) is 18.8 Å². The van der Waals surface area contributed by atoms with Crippen LogP contribution in [0.25, 0.3) is 21.8 Å². The molecule has 3 aromatic carbocycles. The maximum atomic E-state index is 14.0. The van der Waals surface area contributed by atoms with E-state index < -0.39 is 23.4 Å². The highest BCUT2D eigenvalue weighted by atomic mass is 19.1. The van der Waals surface area contributed by atoms with Crippen molar-refractivity contribution >= 4 is 45.2 Å². The van der Waals surface area contributed by atoms with Crippen molar-refractivity contribution in [3.05, 3.63) is 82.8 Å². The number of pyridine rings is 1. The van der Waals surface area contributed by atoms with Crippen LogP contribution in [-0.2, 0) is 16.1 Å². The van der Waals surface area contributed by atoms with Crippen molar-refractivity contribution in [2.45, 2.75) is 32.9 Å². The molecule has 0 atom stereocenters. The molecule has 4 aromatic rings. The third-order valence-corrected chi connectivity index (χ3v) is 5.07. The van der Waals surface area contributed by atoms with Gasteiger partial charge in [-0.05, 0) is 63.2 Å². The van der Waals surface area contributed by atoms with Gasteiger partial charge in [-0.2, -0.15) is 0 Å². The Morgan fingerprint density at radius 1 is 0.882 bits per heavy atom. The van der Waals surface area contributed by atoms with E-state index in [4.69, 9.17) is 4.74 Å². The number of nitrogens with one attached hydrogen (secondary N) is 2. The average Bonchev–Trinajstić information content (AvgIpc) is 2.77. The molecular weight excluding hydrogens is 437 g/mol. The molecule has 0 aliphatic heterocycles. The number of amides is 2. The molecule has 0 aliphatic carbocycles. The van der Waals surface area contributed by atoms with Crippen molar-refractivity contribution in [2.75, 3.05) is 10.6 Å². The molecular formula is C26H24FN3O4. The van der Waals surface area contributed by atoms with Crippen LogP contribution in [0.1, 0.15) is 20.8 Å². The fraction of sp³-hybridized carbons (Fsp3) is 0.192. The zero-order valence-corrected chi connectivity index (χ0v) is 19.0. The molecule has 0 bridgehead atoms. The van der Waals surface area contributed by atoms with E-state index in [0.29, 0.717) is 21.8 Å². The van der Waals surface area contributed by atoms with Crippen LogP contribution in [0.5, 0.6) is 0 Å². The van der Waals surface area contributed by atoms with E-state index in [0.717, 1.165) is 6.07 Å². The van der Waals surface area contributed by atoms with Gasteiger partial charge >= 0.3 is 6.09 Å². The Hall–Kier alpha value is -4.20. The van der Waals surface area contributed by atoms with Crippen molar-refractivity contribution in [2.24, 2.45) is 0 Å². The second kappa shape index (κ2) is 8.97. The van der Waals surface area contributed by atoms with Crippen molar-refractivity contribution in [1.29, 1.82) is 0 Å². The highest BCUT2D eigenvalue weighted by Gasteiger charge is 2.19. The van der Waals surface area contributed by atoms with Gasteiger partial charge in [0.05, 0.1) is 22.4 Å². The van der Waals surface area contributed by atoms with Crippen molar-refractivity contribution in [1.82, 2.24) is 4.57 Å². The molecule has 8 heteroatoms. The topological polar surface area (TPSA) is 89.4 Å². The van der Waals surface area contributed by atoms with E-state index in [1.165, 1.54) is 12.1 Å². The molecule has 0 fully saturated rings. The SMILES string of the molecule is CC(C)(C)OC(=O)Nc1ccc(F)cc1NC(=O)Cn1c2ccccc2c(=O)c2ccccc21. The van der Waals surface area contributed by atoms with Crippen LogP contribution in [0, 0.1) is 5.82 Å². The number of aromatic nitrogens is 1. The largest absolute Gasteiger partial charge is 0.444 e. The minimum atomic E-state index is -0.730. The predicted octanol–water partition coefficient (Wildman–Crippen LogP) is 5.28. The third-order valence-electron chi connectivity index (χ3n) is 5.07. The van der Waals surface area contributed by atoms with Gasteiger partial charge in [0.2, 0.25) is 5.91 Å². The van der Waals surface area contributed by atoms with Gasteiger partial charge in [-0.25, -0.2) is 9.18 Å². The number of carbonyl (C=O) groups excluding carboxylic acids is 2. The number of hydrogen-bond donors (Lipinski definition) is 2. The summed E-state index contributed by atoms with van der Waals surface area (Å²) in [6.45, 7) is 5.03. The number of anilines is 2. The number of ether oxygens (including phenoxy) is 1. The molecule has 0 aliphatic rings. The average molecular weight is 461 g/mol. The molecule has 2 amide bonds. The quantitative estimate of drug-likeness (QED) is 0.405. The number of carbonyl (C=O) groups is 2. The molecule has 0 radical (unpaired) electrons. The van der Waals surface area contributed by atoms with Crippen LogP contribution < -0.4 is 16.1 Å². The lowest BCUT2D eigenvalue weighted by atomic mass is 10.1. The molecule has 2 N–H and O–H groups in total. The van der Waals surface area contributed by atoms with Crippen LogP contribution in [0.2, 0.25) is 0 Å². The summed E-state index contributed by atoms with van der Waals surface area (Å²) in [6, 6.07) is 17.7. The van der Waals surface area contributed by atoms with Gasteiger partial charge in [0, 0.05) is 10.8 Å². The molecule has 0 saturated heterocycles. The molecule has 0 saturated carbocycles. The molecule has 174 valence electrons. The molecule has 1 aromatic heterocycles. The molecule has 7 nitrogen and oxygen atoms in total. The molecule has 0 spiro atoms. The van der Waals surface area contributed by atoms with Gasteiger partial charge in [-0.3, -0.25) is 14.9 Å². The van der Waals surface area contributed by atoms with Crippen molar-refractivity contribution < 1.29 is 18.7 Å². The predicted molar refractivity (Wildman–Crippen MR) is 131 cm³/mol. The highest BCUT2D eigenvalue weighted by Crippen LogP contribution is 2.25. The first-order chi connectivity index (χ1) is 16.1. The number of hydrogen-bond acceptors (Lipinski definition) is 4. The van der Waals surface area contributed by atoms with Crippen LogP contribution in [0.15, 0.2) is 71.5 Å². The summed E-state index contributed by atoms with van der Waals surface area (Å²) in [4.78, 5) is 38.1. The Bertz CT molecular complexity index is 1410. The maximum absolute atomic E-state index is 14.0. The van der Waals surface area contributed by atoms with E-state index >= 15 is 0 Å². The lowest BCUT2D eigenvalue weighted by Gasteiger charge is -2.21. The van der Waals surface area contributed by atoms with E-state index in [-0.39, 0.29) is 23.3 Å². The first kappa shape index (κ1) is 23.0. The van der Waals surface area contributed by atoms with Crippen molar-refractivity contribution in [3.8, 4) is 0 Å². The minimum absolute atomic E-state index is 0.0884. The van der Waals surface area contributed by atoms with Crippen LogP contribution >= 0.6 is 0 Å². The Balaban J connectivity index is 1.67. The molecule has 4 rings (SSSR count). The molecule has 0 unspecified atom stereocenters. The number of fused-ring (bicyclic) bond motifs is 2. The second-order valence-electron chi connectivity index (χ2n) is 8.81. The van der Waals surface area contributed by atoms with E-state index in [1.54, 1.807) is 73.9 Å². The first-order valence-electron chi connectivity index (χ1n) is 10.7.